The van der Waals surface area contributed by atoms with Crippen molar-refractivity contribution in [1.29, 1.82) is 0 Å². The maximum Gasteiger partial charge on any atom is 0.191 e. The maximum absolute atomic E-state index is 5.42. The van der Waals surface area contributed by atoms with Gasteiger partial charge < -0.3 is 25.0 Å². The number of benzene rings is 1. The summed E-state index contributed by atoms with van der Waals surface area (Å²) < 4.78 is 10.5. The number of hydrogen-bond acceptors (Lipinski definition) is 5. The van der Waals surface area contributed by atoms with E-state index in [0.717, 1.165) is 64.0 Å². The highest BCUT2D eigenvalue weighted by Gasteiger charge is 2.19. The first-order valence-electron chi connectivity index (χ1n) is 10.6. The lowest BCUT2D eigenvalue weighted by Gasteiger charge is -2.31. The number of methoxy groups -OCH3 is 2. The Morgan fingerprint density at radius 3 is 2.52 bits per heavy atom. The minimum atomic E-state index is 0.246. The number of aliphatic imine (C=N–C) groups is 1. The minimum absolute atomic E-state index is 0.246. The topological polar surface area (TPSA) is 61.4 Å². The van der Waals surface area contributed by atoms with Crippen molar-refractivity contribution in [1.82, 2.24) is 20.4 Å². The monoisotopic (exact) mass is 407 g/mol. The number of rotatable bonds is 14. The highest BCUT2D eigenvalue weighted by molar-refractivity contribution is 5.79. The quantitative estimate of drug-likeness (QED) is 0.280. The molecule has 0 radical (unpaired) electrons. The van der Waals surface area contributed by atoms with E-state index in [4.69, 9.17) is 9.47 Å². The van der Waals surface area contributed by atoms with Gasteiger partial charge in [-0.05, 0) is 44.3 Å². The highest BCUT2D eigenvalue weighted by Crippen LogP contribution is 2.23. The van der Waals surface area contributed by atoms with Crippen molar-refractivity contribution >= 4 is 5.96 Å². The number of hydrogen-bond donors (Lipinski definition) is 2. The van der Waals surface area contributed by atoms with E-state index in [1.807, 2.05) is 13.1 Å². The fourth-order valence-corrected chi connectivity index (χ4v) is 3.34. The van der Waals surface area contributed by atoms with Gasteiger partial charge in [0.15, 0.2) is 5.96 Å². The van der Waals surface area contributed by atoms with Crippen molar-refractivity contribution in [2.45, 2.75) is 26.3 Å². The second-order valence-corrected chi connectivity index (χ2v) is 7.04. The second-order valence-electron chi connectivity index (χ2n) is 7.04. The molecule has 0 amide bonds. The van der Waals surface area contributed by atoms with Crippen LogP contribution in [0.3, 0.4) is 0 Å². The molecule has 2 N–H and O–H groups in total. The van der Waals surface area contributed by atoms with Crippen LogP contribution in [0.5, 0.6) is 5.75 Å². The summed E-state index contributed by atoms with van der Waals surface area (Å²) in [6.45, 7) is 10.8. The molecule has 0 bridgehead atoms. The van der Waals surface area contributed by atoms with Crippen molar-refractivity contribution in [3.8, 4) is 5.75 Å². The van der Waals surface area contributed by atoms with Crippen LogP contribution in [0.2, 0.25) is 0 Å². The SMILES string of the molecule is CCN(CC)C(CNC(=NC)NCCN(C)CCCOC)c1cccc(OC)c1. The van der Waals surface area contributed by atoms with Gasteiger partial charge in [-0.25, -0.2) is 0 Å². The van der Waals surface area contributed by atoms with Crippen molar-refractivity contribution in [2.24, 2.45) is 4.99 Å². The third-order valence-electron chi connectivity index (χ3n) is 5.09. The number of likely N-dealkylation sites (N-methyl/N-ethyl adjacent to an activating group) is 2. The molecule has 0 saturated heterocycles. The standard InChI is InChI=1S/C22H41N5O2/c1-7-27(8-2)21(19-11-9-12-20(17-19)29-6)18-25-22(23-3)24-13-15-26(4)14-10-16-28-5/h9,11-12,17,21H,7-8,10,13-16,18H2,1-6H3,(H2,23,24,25). The molecular formula is C22H41N5O2. The first-order chi connectivity index (χ1) is 14.1. The normalized spacial score (nSPS) is 13.0. The Bertz CT molecular complexity index is 578. The van der Waals surface area contributed by atoms with E-state index < -0.39 is 0 Å². The number of nitrogens with zero attached hydrogens (tertiary/aromatic N) is 3. The minimum Gasteiger partial charge on any atom is -0.497 e. The van der Waals surface area contributed by atoms with E-state index >= 15 is 0 Å². The summed E-state index contributed by atoms with van der Waals surface area (Å²) in [4.78, 5) is 9.13. The van der Waals surface area contributed by atoms with Crippen LogP contribution in [-0.2, 0) is 4.74 Å². The average molecular weight is 408 g/mol. The molecule has 0 aliphatic rings. The van der Waals surface area contributed by atoms with Crippen LogP contribution < -0.4 is 15.4 Å². The van der Waals surface area contributed by atoms with Crippen molar-refractivity contribution in [3.63, 3.8) is 0 Å². The van der Waals surface area contributed by atoms with Crippen LogP contribution in [0.15, 0.2) is 29.3 Å². The average Bonchev–Trinajstić information content (AvgIpc) is 2.75. The molecule has 0 aromatic heterocycles. The fourth-order valence-electron chi connectivity index (χ4n) is 3.34. The Morgan fingerprint density at radius 1 is 1.14 bits per heavy atom. The Kier molecular flexibility index (Phi) is 13.1. The zero-order chi connectivity index (χ0) is 21.5. The third kappa shape index (κ3) is 9.47. The zero-order valence-electron chi connectivity index (χ0n) is 19.2. The van der Waals surface area contributed by atoms with Crippen LogP contribution in [0.25, 0.3) is 0 Å². The Labute approximate surface area is 177 Å². The highest BCUT2D eigenvalue weighted by atomic mass is 16.5. The molecule has 0 heterocycles. The summed E-state index contributed by atoms with van der Waals surface area (Å²) in [6, 6.07) is 8.57. The van der Waals surface area contributed by atoms with E-state index in [2.05, 4.69) is 64.5 Å². The molecule has 7 nitrogen and oxygen atoms in total. The molecule has 7 heteroatoms. The third-order valence-corrected chi connectivity index (χ3v) is 5.09. The van der Waals surface area contributed by atoms with Gasteiger partial charge >= 0.3 is 0 Å². The molecule has 1 atom stereocenters. The molecule has 1 unspecified atom stereocenters. The van der Waals surface area contributed by atoms with Gasteiger partial charge in [-0.3, -0.25) is 9.89 Å². The summed E-state index contributed by atoms with van der Waals surface area (Å²) in [5, 5.41) is 6.92. The molecule has 0 saturated carbocycles. The number of ether oxygens (including phenoxy) is 2. The summed E-state index contributed by atoms with van der Waals surface area (Å²) in [6.07, 6.45) is 1.05. The van der Waals surface area contributed by atoms with E-state index in [0.29, 0.717) is 0 Å². The van der Waals surface area contributed by atoms with Gasteiger partial charge in [0.1, 0.15) is 5.75 Å². The van der Waals surface area contributed by atoms with Crippen LogP contribution in [0, 0.1) is 0 Å². The van der Waals surface area contributed by atoms with Crippen LogP contribution in [0.4, 0.5) is 0 Å². The summed E-state index contributed by atoms with van der Waals surface area (Å²) in [5.41, 5.74) is 1.24. The van der Waals surface area contributed by atoms with Gasteiger partial charge in [-0.2, -0.15) is 0 Å². The molecule has 1 aromatic rings. The van der Waals surface area contributed by atoms with Gasteiger partial charge in [0.05, 0.1) is 13.2 Å². The summed E-state index contributed by atoms with van der Waals surface area (Å²) >= 11 is 0. The second kappa shape index (κ2) is 15.1. The van der Waals surface area contributed by atoms with Gasteiger partial charge in [0.2, 0.25) is 0 Å². The molecular weight excluding hydrogens is 366 g/mol. The smallest absolute Gasteiger partial charge is 0.191 e. The van der Waals surface area contributed by atoms with Gasteiger partial charge in [-0.1, -0.05) is 26.0 Å². The Hall–Kier alpha value is -1.83. The maximum atomic E-state index is 5.42. The Balaban J connectivity index is 2.62. The molecule has 0 fully saturated rings. The van der Waals surface area contributed by atoms with Crippen molar-refractivity contribution in [3.05, 3.63) is 29.8 Å². The molecule has 0 aliphatic heterocycles. The van der Waals surface area contributed by atoms with E-state index in [-0.39, 0.29) is 6.04 Å². The molecule has 0 aliphatic carbocycles. The zero-order valence-corrected chi connectivity index (χ0v) is 19.2. The largest absolute Gasteiger partial charge is 0.497 e. The van der Waals surface area contributed by atoms with Crippen molar-refractivity contribution < 1.29 is 9.47 Å². The van der Waals surface area contributed by atoms with Gasteiger partial charge in [-0.15, -0.1) is 0 Å². The lowest BCUT2D eigenvalue weighted by molar-refractivity contribution is 0.180. The predicted molar refractivity (Wildman–Crippen MR) is 122 cm³/mol. The van der Waals surface area contributed by atoms with Gasteiger partial charge in [0.25, 0.3) is 0 Å². The summed E-state index contributed by atoms with van der Waals surface area (Å²) in [5.74, 6) is 1.72. The Morgan fingerprint density at radius 2 is 1.90 bits per heavy atom. The fraction of sp³-hybridized carbons (Fsp3) is 0.682. The summed E-state index contributed by atoms with van der Waals surface area (Å²) in [7, 11) is 7.40. The lowest BCUT2D eigenvalue weighted by Crippen LogP contribution is -2.45. The number of nitrogens with one attached hydrogen (secondary N) is 2. The number of guanidine groups is 1. The van der Waals surface area contributed by atoms with Crippen LogP contribution in [0.1, 0.15) is 31.9 Å². The molecule has 1 rings (SSSR count). The molecule has 1 aromatic carbocycles. The van der Waals surface area contributed by atoms with Crippen LogP contribution >= 0.6 is 0 Å². The van der Waals surface area contributed by atoms with E-state index in [1.54, 1.807) is 14.2 Å². The predicted octanol–water partition coefficient (Wildman–Crippen LogP) is 2.21. The molecule has 166 valence electrons. The van der Waals surface area contributed by atoms with Crippen molar-refractivity contribution in [2.75, 3.05) is 74.2 Å². The lowest BCUT2D eigenvalue weighted by atomic mass is 10.0. The molecule has 0 spiro atoms. The van der Waals surface area contributed by atoms with E-state index in [1.165, 1.54) is 5.56 Å². The van der Waals surface area contributed by atoms with Gasteiger partial charge in [0, 0.05) is 46.9 Å². The van der Waals surface area contributed by atoms with E-state index in [9.17, 15) is 0 Å². The van der Waals surface area contributed by atoms with Crippen LogP contribution in [-0.4, -0.2) is 89.9 Å². The first-order valence-corrected chi connectivity index (χ1v) is 10.6. The first kappa shape index (κ1) is 25.2. The molecule has 29 heavy (non-hydrogen) atoms.